The van der Waals surface area contributed by atoms with Crippen LogP contribution >= 0.6 is 0 Å². The molecule has 0 amide bonds. The highest BCUT2D eigenvalue weighted by Gasteiger charge is 2.31. The van der Waals surface area contributed by atoms with Crippen LogP contribution in [0.3, 0.4) is 0 Å². The van der Waals surface area contributed by atoms with Gasteiger partial charge in [-0.3, -0.25) is 4.79 Å². The van der Waals surface area contributed by atoms with Gasteiger partial charge in [-0.2, -0.15) is 0 Å². The molecule has 1 atom stereocenters. The van der Waals surface area contributed by atoms with Gasteiger partial charge >= 0.3 is 12.3 Å². The van der Waals surface area contributed by atoms with E-state index in [1.807, 2.05) is 40.7 Å². The second-order valence-corrected chi connectivity index (χ2v) is 8.59. The molecule has 10 heteroatoms. The van der Waals surface area contributed by atoms with Gasteiger partial charge in [0.1, 0.15) is 17.8 Å². The fraction of sp³-hybridized carbons (Fsp3) is 0.355. The summed E-state index contributed by atoms with van der Waals surface area (Å²) in [6.07, 6.45) is -0.598. The number of alkyl halides is 3. The molecule has 0 saturated carbocycles. The van der Waals surface area contributed by atoms with Crippen LogP contribution in [0.25, 0.3) is 16.6 Å². The van der Waals surface area contributed by atoms with Crippen LogP contribution in [-0.2, 0) is 14.3 Å². The van der Waals surface area contributed by atoms with E-state index in [0.717, 1.165) is 35.1 Å². The van der Waals surface area contributed by atoms with E-state index in [1.165, 1.54) is 19.1 Å². The van der Waals surface area contributed by atoms with E-state index in [1.54, 1.807) is 55.0 Å². The Balaban J connectivity index is 0.000000547. The number of fused-ring (bicyclic) bond motifs is 1. The van der Waals surface area contributed by atoms with Crippen molar-refractivity contribution in [2.24, 2.45) is 0 Å². The molecule has 1 aromatic heterocycles. The lowest BCUT2D eigenvalue weighted by atomic mass is 10.1. The SMILES string of the molecule is CC.CC/C(=C\C=C(/C)C=O)OC.Cc1c(C)n(-c2cccc(O[C@H](C)C(=O)O)c2)c2cc(OC(F)(F)F)ccc12. The monoisotopic (exact) mass is 577 g/mol. The Morgan fingerprint density at radius 1 is 1.07 bits per heavy atom. The fourth-order valence-electron chi connectivity index (χ4n) is 3.63. The standard InChI is InChI=1S/C20H18F3NO4.C9H14O2.C2H6/c1-11-12(2)24(14-5-4-6-15(9-14)27-13(3)19(25)26)18-10-16(7-8-17(11)18)28-20(21,22)23;1-4-9(11-3)6-5-8(2)7-10;1-2/h4-10,13H,1-3H3,(H,25,26);5-7H,4H2,1-3H3;1-2H3/b;8-5+,9-6+;/t13-;;/m1../s1. The number of aromatic nitrogens is 1. The number of carbonyl (C=O) groups is 2. The van der Waals surface area contributed by atoms with Crippen molar-refractivity contribution in [3.8, 4) is 17.2 Å². The Morgan fingerprint density at radius 3 is 2.27 bits per heavy atom. The van der Waals surface area contributed by atoms with Crippen LogP contribution in [0.1, 0.15) is 52.3 Å². The quantitative estimate of drug-likeness (QED) is 0.120. The van der Waals surface area contributed by atoms with Gasteiger partial charge < -0.3 is 23.9 Å². The van der Waals surface area contributed by atoms with Gasteiger partial charge in [-0.1, -0.05) is 32.9 Å². The molecular weight excluding hydrogens is 539 g/mol. The van der Waals surface area contributed by atoms with Crippen LogP contribution in [-0.4, -0.2) is 41.5 Å². The molecule has 7 nitrogen and oxygen atoms in total. The number of aldehydes is 1. The van der Waals surface area contributed by atoms with Gasteiger partial charge in [-0.05, 0) is 69.2 Å². The van der Waals surface area contributed by atoms with Gasteiger partial charge in [0.15, 0.2) is 6.10 Å². The third-order valence-corrected chi connectivity index (χ3v) is 5.79. The second-order valence-electron chi connectivity index (χ2n) is 8.59. The molecule has 41 heavy (non-hydrogen) atoms. The Hall–Kier alpha value is -4.21. The molecule has 0 radical (unpaired) electrons. The highest BCUT2D eigenvalue weighted by molar-refractivity contribution is 5.88. The van der Waals surface area contributed by atoms with Crippen molar-refractivity contribution in [1.82, 2.24) is 4.57 Å². The number of hydrogen-bond acceptors (Lipinski definition) is 5. The summed E-state index contributed by atoms with van der Waals surface area (Å²) in [7, 11) is 1.62. The number of allylic oxidation sites excluding steroid dienone is 4. The zero-order chi connectivity index (χ0) is 31.3. The maximum atomic E-state index is 12.6. The van der Waals surface area contributed by atoms with E-state index in [2.05, 4.69) is 4.74 Å². The summed E-state index contributed by atoms with van der Waals surface area (Å²) in [5.41, 5.74) is 3.63. The molecule has 0 aliphatic heterocycles. The van der Waals surface area contributed by atoms with E-state index in [0.29, 0.717) is 22.5 Å². The number of aryl methyl sites for hydroxylation is 1. The first kappa shape index (κ1) is 34.8. The summed E-state index contributed by atoms with van der Waals surface area (Å²) in [6.45, 7) is 12.9. The van der Waals surface area contributed by atoms with Gasteiger partial charge in [-0.15, -0.1) is 13.2 Å². The summed E-state index contributed by atoms with van der Waals surface area (Å²) in [4.78, 5) is 21.2. The lowest BCUT2D eigenvalue weighted by molar-refractivity contribution is -0.274. The minimum atomic E-state index is -4.78. The number of carbonyl (C=O) groups excluding carboxylic acids is 1. The van der Waals surface area contributed by atoms with Crippen LogP contribution in [0.15, 0.2) is 65.9 Å². The first-order chi connectivity index (χ1) is 19.3. The highest BCUT2D eigenvalue weighted by Crippen LogP contribution is 2.34. The number of ether oxygens (including phenoxy) is 3. The molecule has 0 aliphatic rings. The minimum absolute atomic E-state index is 0.314. The molecule has 0 saturated heterocycles. The first-order valence-electron chi connectivity index (χ1n) is 13.0. The van der Waals surface area contributed by atoms with Gasteiger partial charge in [-0.25, -0.2) is 4.79 Å². The summed E-state index contributed by atoms with van der Waals surface area (Å²) in [6, 6.07) is 10.9. The Labute approximate surface area is 238 Å². The third-order valence-electron chi connectivity index (χ3n) is 5.79. The van der Waals surface area contributed by atoms with Crippen LogP contribution < -0.4 is 9.47 Å². The molecule has 0 aliphatic carbocycles. The summed E-state index contributed by atoms with van der Waals surface area (Å²) in [5, 5.41) is 9.79. The van der Waals surface area contributed by atoms with Crippen molar-refractivity contribution in [2.75, 3.05) is 7.11 Å². The van der Waals surface area contributed by atoms with Crippen LogP contribution in [0.5, 0.6) is 11.5 Å². The molecule has 224 valence electrons. The molecule has 2 aromatic carbocycles. The number of methoxy groups -OCH3 is 1. The number of rotatable bonds is 9. The van der Waals surface area contributed by atoms with Crippen molar-refractivity contribution >= 4 is 23.2 Å². The van der Waals surface area contributed by atoms with Crippen molar-refractivity contribution in [2.45, 2.75) is 67.4 Å². The molecule has 0 unspecified atom stereocenters. The molecule has 1 N–H and O–H groups in total. The van der Waals surface area contributed by atoms with Crippen molar-refractivity contribution in [3.63, 3.8) is 0 Å². The molecule has 3 rings (SSSR count). The molecule has 0 spiro atoms. The van der Waals surface area contributed by atoms with Gasteiger partial charge in [0.2, 0.25) is 0 Å². The van der Waals surface area contributed by atoms with E-state index in [4.69, 9.17) is 14.6 Å². The Bertz CT molecular complexity index is 1370. The van der Waals surface area contributed by atoms with E-state index < -0.39 is 18.4 Å². The number of nitrogens with zero attached hydrogens (tertiary/aromatic N) is 1. The second kappa shape index (κ2) is 16.2. The zero-order valence-electron chi connectivity index (χ0n) is 24.6. The van der Waals surface area contributed by atoms with E-state index >= 15 is 0 Å². The van der Waals surface area contributed by atoms with Crippen LogP contribution in [0.4, 0.5) is 13.2 Å². The number of carboxylic acids is 1. The summed E-state index contributed by atoms with van der Waals surface area (Å²) in [5.74, 6) is -0.191. The average molecular weight is 578 g/mol. The smallest absolute Gasteiger partial charge is 0.501 e. The molecule has 0 bridgehead atoms. The minimum Gasteiger partial charge on any atom is -0.501 e. The third kappa shape index (κ3) is 10.4. The molecule has 0 fully saturated rings. The number of halogens is 3. The Kier molecular flexibility index (Phi) is 13.7. The highest BCUT2D eigenvalue weighted by atomic mass is 19.4. The molecule has 3 aromatic rings. The van der Waals surface area contributed by atoms with Crippen molar-refractivity contribution in [3.05, 3.63) is 77.2 Å². The lowest BCUT2D eigenvalue weighted by Crippen LogP contribution is -2.22. The zero-order valence-corrected chi connectivity index (χ0v) is 24.6. The van der Waals surface area contributed by atoms with Crippen LogP contribution in [0.2, 0.25) is 0 Å². The van der Waals surface area contributed by atoms with E-state index in [-0.39, 0.29) is 5.75 Å². The van der Waals surface area contributed by atoms with Crippen molar-refractivity contribution in [1.29, 1.82) is 0 Å². The first-order valence-corrected chi connectivity index (χ1v) is 13.0. The Morgan fingerprint density at radius 2 is 1.73 bits per heavy atom. The summed E-state index contributed by atoms with van der Waals surface area (Å²) >= 11 is 0. The van der Waals surface area contributed by atoms with Crippen molar-refractivity contribution < 1.29 is 42.1 Å². The van der Waals surface area contributed by atoms with E-state index in [9.17, 15) is 22.8 Å². The maximum Gasteiger partial charge on any atom is 0.573 e. The predicted molar refractivity (Wildman–Crippen MR) is 154 cm³/mol. The van der Waals surface area contributed by atoms with Gasteiger partial charge in [0, 0.05) is 35.3 Å². The number of hydrogen-bond donors (Lipinski definition) is 1. The molecular formula is C31H38F3NO6. The largest absolute Gasteiger partial charge is 0.573 e. The maximum absolute atomic E-state index is 12.6. The number of carboxylic acid groups (broad SMARTS) is 1. The summed E-state index contributed by atoms with van der Waals surface area (Å²) < 4.78 is 54.0. The number of aliphatic carboxylic acids is 1. The number of benzene rings is 2. The average Bonchev–Trinajstić information content (AvgIpc) is 3.18. The van der Waals surface area contributed by atoms with Crippen LogP contribution in [0, 0.1) is 13.8 Å². The topological polar surface area (TPSA) is 87.0 Å². The normalized spacial score (nSPS) is 12.4. The lowest BCUT2D eigenvalue weighted by Gasteiger charge is -2.14. The fourth-order valence-corrected chi connectivity index (χ4v) is 3.63. The van der Waals surface area contributed by atoms with Gasteiger partial charge in [0.05, 0.1) is 18.4 Å². The predicted octanol–water partition coefficient (Wildman–Crippen LogP) is 8.10. The molecule has 1 heterocycles. The van der Waals surface area contributed by atoms with Gasteiger partial charge in [0.25, 0.3) is 0 Å².